The van der Waals surface area contributed by atoms with Gasteiger partial charge in [-0.25, -0.2) is 4.98 Å². The Morgan fingerprint density at radius 2 is 2.07 bits per heavy atom. The van der Waals surface area contributed by atoms with Gasteiger partial charge in [0, 0.05) is 43.5 Å². The molecule has 1 aromatic carbocycles. The molecule has 0 radical (unpaired) electrons. The summed E-state index contributed by atoms with van der Waals surface area (Å²) < 4.78 is 12.9. The van der Waals surface area contributed by atoms with Crippen LogP contribution in [0.5, 0.6) is 11.5 Å². The average Bonchev–Trinajstić information content (AvgIpc) is 3.19. The van der Waals surface area contributed by atoms with Gasteiger partial charge in [-0.2, -0.15) is 0 Å². The Bertz CT molecular complexity index is 772. The van der Waals surface area contributed by atoms with Crippen molar-refractivity contribution in [3.05, 3.63) is 42.0 Å². The molecule has 1 aromatic heterocycles. The van der Waals surface area contributed by atoms with Crippen LogP contribution in [-0.2, 0) is 6.54 Å². The summed E-state index contributed by atoms with van der Waals surface area (Å²) in [6, 6.07) is 5.34. The molecule has 0 saturated carbocycles. The molecule has 0 bridgehead atoms. The Labute approximate surface area is 161 Å². The standard InChI is InChI=1S/C21H29N3O3/c1-4-5-11-23-13-10-22-20(23)17-7-6-12-24(15-17)21(25)16-8-9-18(26-2)19(14-16)27-3/h8-10,13-14,17H,4-7,11-12,15H2,1-3H3/t17-/m0/s1. The number of aryl methyl sites for hydroxylation is 1. The number of unbranched alkanes of at least 4 members (excludes halogenated alkanes) is 1. The van der Waals surface area contributed by atoms with Crippen molar-refractivity contribution in [2.45, 2.75) is 45.1 Å². The summed E-state index contributed by atoms with van der Waals surface area (Å²) >= 11 is 0. The van der Waals surface area contributed by atoms with E-state index in [1.165, 1.54) is 0 Å². The van der Waals surface area contributed by atoms with Crippen LogP contribution in [0, 0.1) is 0 Å². The van der Waals surface area contributed by atoms with Crippen LogP contribution < -0.4 is 9.47 Å². The highest BCUT2D eigenvalue weighted by molar-refractivity contribution is 5.95. The number of benzene rings is 1. The summed E-state index contributed by atoms with van der Waals surface area (Å²) in [6.45, 7) is 4.67. The molecule has 2 aromatic rings. The molecule has 1 amide bonds. The van der Waals surface area contributed by atoms with E-state index in [4.69, 9.17) is 9.47 Å². The number of ether oxygens (including phenoxy) is 2. The van der Waals surface area contributed by atoms with Crippen LogP contribution in [0.3, 0.4) is 0 Å². The molecule has 1 fully saturated rings. The fourth-order valence-electron chi connectivity index (χ4n) is 3.72. The Morgan fingerprint density at radius 3 is 2.81 bits per heavy atom. The zero-order valence-corrected chi connectivity index (χ0v) is 16.5. The predicted molar refractivity (Wildman–Crippen MR) is 105 cm³/mol. The molecule has 1 saturated heterocycles. The van der Waals surface area contributed by atoms with Gasteiger partial charge in [0.2, 0.25) is 0 Å². The molecule has 0 aliphatic carbocycles. The van der Waals surface area contributed by atoms with E-state index in [2.05, 4.69) is 22.7 Å². The van der Waals surface area contributed by atoms with Crippen molar-refractivity contribution in [1.82, 2.24) is 14.5 Å². The summed E-state index contributed by atoms with van der Waals surface area (Å²) in [5.41, 5.74) is 0.627. The van der Waals surface area contributed by atoms with Crippen molar-refractivity contribution in [1.29, 1.82) is 0 Å². The van der Waals surface area contributed by atoms with Gasteiger partial charge in [-0.3, -0.25) is 4.79 Å². The quantitative estimate of drug-likeness (QED) is 0.744. The largest absolute Gasteiger partial charge is 0.493 e. The zero-order chi connectivity index (χ0) is 19.2. The van der Waals surface area contributed by atoms with Gasteiger partial charge >= 0.3 is 0 Å². The van der Waals surface area contributed by atoms with Gasteiger partial charge < -0.3 is 18.9 Å². The maximum atomic E-state index is 13.0. The monoisotopic (exact) mass is 371 g/mol. The number of hydrogen-bond acceptors (Lipinski definition) is 4. The van der Waals surface area contributed by atoms with Crippen LogP contribution in [0.4, 0.5) is 0 Å². The van der Waals surface area contributed by atoms with Crippen LogP contribution in [0.1, 0.15) is 54.7 Å². The first-order chi connectivity index (χ1) is 13.2. The smallest absolute Gasteiger partial charge is 0.254 e. The van der Waals surface area contributed by atoms with Crippen LogP contribution in [0.25, 0.3) is 0 Å². The molecule has 0 unspecified atom stereocenters. The third-order valence-electron chi connectivity index (χ3n) is 5.20. The molecular formula is C21H29N3O3. The second-order valence-corrected chi connectivity index (χ2v) is 6.99. The molecule has 2 heterocycles. The van der Waals surface area contributed by atoms with E-state index in [0.29, 0.717) is 23.6 Å². The van der Waals surface area contributed by atoms with Gasteiger partial charge in [0.25, 0.3) is 5.91 Å². The van der Waals surface area contributed by atoms with Gasteiger partial charge in [0.1, 0.15) is 5.82 Å². The van der Waals surface area contributed by atoms with E-state index in [1.54, 1.807) is 32.4 Å². The number of nitrogens with zero attached hydrogens (tertiary/aromatic N) is 3. The number of likely N-dealkylation sites (tertiary alicyclic amines) is 1. The van der Waals surface area contributed by atoms with E-state index < -0.39 is 0 Å². The second-order valence-electron chi connectivity index (χ2n) is 6.99. The minimum Gasteiger partial charge on any atom is -0.493 e. The molecule has 6 nitrogen and oxygen atoms in total. The summed E-state index contributed by atoms with van der Waals surface area (Å²) in [5.74, 6) is 2.63. The van der Waals surface area contributed by atoms with E-state index in [0.717, 1.165) is 44.6 Å². The maximum absolute atomic E-state index is 13.0. The van der Waals surface area contributed by atoms with E-state index in [1.807, 2.05) is 11.1 Å². The first-order valence-corrected chi connectivity index (χ1v) is 9.70. The molecule has 0 N–H and O–H groups in total. The number of piperidine rings is 1. The van der Waals surface area contributed by atoms with Crippen molar-refractivity contribution >= 4 is 5.91 Å². The number of carbonyl (C=O) groups is 1. The molecule has 146 valence electrons. The number of rotatable bonds is 7. The minimum absolute atomic E-state index is 0.0346. The summed E-state index contributed by atoms with van der Waals surface area (Å²) in [6.07, 6.45) is 8.29. The fourth-order valence-corrected chi connectivity index (χ4v) is 3.72. The average molecular weight is 371 g/mol. The van der Waals surface area contributed by atoms with E-state index >= 15 is 0 Å². The molecular weight excluding hydrogens is 342 g/mol. The number of amides is 1. The van der Waals surface area contributed by atoms with E-state index in [9.17, 15) is 4.79 Å². The molecule has 27 heavy (non-hydrogen) atoms. The normalized spacial score (nSPS) is 17.0. The Balaban J connectivity index is 1.74. The van der Waals surface area contributed by atoms with E-state index in [-0.39, 0.29) is 11.8 Å². The Morgan fingerprint density at radius 1 is 1.26 bits per heavy atom. The molecule has 3 rings (SSSR count). The van der Waals surface area contributed by atoms with Crippen molar-refractivity contribution < 1.29 is 14.3 Å². The molecule has 1 aliphatic rings. The van der Waals surface area contributed by atoms with Gasteiger partial charge in [-0.05, 0) is 37.5 Å². The number of hydrogen-bond donors (Lipinski definition) is 0. The topological polar surface area (TPSA) is 56.6 Å². The van der Waals surface area contributed by atoms with Crippen molar-refractivity contribution in [2.24, 2.45) is 0 Å². The zero-order valence-electron chi connectivity index (χ0n) is 16.5. The number of imidazole rings is 1. The van der Waals surface area contributed by atoms with Crippen molar-refractivity contribution in [2.75, 3.05) is 27.3 Å². The molecule has 6 heteroatoms. The predicted octanol–water partition coefficient (Wildman–Crippen LogP) is 3.72. The number of carbonyl (C=O) groups excluding carboxylic acids is 1. The molecule has 1 atom stereocenters. The van der Waals surface area contributed by atoms with Crippen LogP contribution in [0.2, 0.25) is 0 Å². The highest BCUT2D eigenvalue weighted by Gasteiger charge is 2.28. The Kier molecular flexibility index (Phi) is 6.37. The minimum atomic E-state index is 0.0346. The molecule has 0 spiro atoms. The summed E-state index contributed by atoms with van der Waals surface area (Å²) in [7, 11) is 3.17. The SMILES string of the molecule is CCCCn1ccnc1[C@H]1CCCN(C(=O)c2ccc(OC)c(OC)c2)C1. The maximum Gasteiger partial charge on any atom is 0.254 e. The lowest BCUT2D eigenvalue weighted by Gasteiger charge is -2.33. The third-order valence-corrected chi connectivity index (χ3v) is 5.20. The highest BCUT2D eigenvalue weighted by atomic mass is 16.5. The lowest BCUT2D eigenvalue weighted by molar-refractivity contribution is 0.0703. The first kappa shape index (κ1) is 19.3. The van der Waals surface area contributed by atoms with Crippen LogP contribution >= 0.6 is 0 Å². The van der Waals surface area contributed by atoms with Crippen LogP contribution in [-0.4, -0.2) is 47.7 Å². The highest BCUT2D eigenvalue weighted by Crippen LogP contribution is 2.30. The summed E-state index contributed by atoms with van der Waals surface area (Å²) in [5, 5.41) is 0. The Hall–Kier alpha value is -2.50. The van der Waals surface area contributed by atoms with Gasteiger partial charge in [0.05, 0.1) is 14.2 Å². The summed E-state index contributed by atoms with van der Waals surface area (Å²) in [4.78, 5) is 19.6. The number of aromatic nitrogens is 2. The van der Waals surface area contributed by atoms with Gasteiger partial charge in [-0.15, -0.1) is 0 Å². The van der Waals surface area contributed by atoms with Crippen molar-refractivity contribution in [3.63, 3.8) is 0 Å². The van der Waals surface area contributed by atoms with Crippen molar-refractivity contribution in [3.8, 4) is 11.5 Å². The first-order valence-electron chi connectivity index (χ1n) is 9.70. The lowest BCUT2D eigenvalue weighted by Crippen LogP contribution is -2.39. The second kappa shape index (κ2) is 8.93. The third kappa shape index (κ3) is 4.26. The molecule has 1 aliphatic heterocycles. The van der Waals surface area contributed by atoms with Crippen LogP contribution in [0.15, 0.2) is 30.6 Å². The number of methoxy groups -OCH3 is 2. The van der Waals surface area contributed by atoms with Gasteiger partial charge in [-0.1, -0.05) is 13.3 Å². The lowest BCUT2D eigenvalue weighted by atomic mass is 9.96. The fraction of sp³-hybridized carbons (Fsp3) is 0.524. The van der Waals surface area contributed by atoms with Gasteiger partial charge in [0.15, 0.2) is 11.5 Å².